The van der Waals surface area contributed by atoms with Gasteiger partial charge in [0.2, 0.25) is 5.91 Å². The van der Waals surface area contributed by atoms with Gasteiger partial charge in [-0.1, -0.05) is 24.3 Å². The van der Waals surface area contributed by atoms with Crippen molar-refractivity contribution in [2.24, 2.45) is 0 Å². The summed E-state index contributed by atoms with van der Waals surface area (Å²) in [6.45, 7) is 0. The van der Waals surface area contributed by atoms with E-state index in [-0.39, 0.29) is 11.3 Å². The number of halogens is 3. The molecule has 0 saturated carbocycles. The highest BCUT2D eigenvalue weighted by Crippen LogP contribution is 2.29. The van der Waals surface area contributed by atoms with Gasteiger partial charge in [0.25, 0.3) is 0 Å². The number of benzene rings is 2. The second-order valence-electron chi connectivity index (χ2n) is 4.79. The van der Waals surface area contributed by atoms with Gasteiger partial charge in [-0.2, -0.15) is 13.2 Å². The molecule has 0 saturated heterocycles. The van der Waals surface area contributed by atoms with Crippen LogP contribution in [-0.4, -0.2) is 17.0 Å². The number of rotatable bonds is 4. The lowest BCUT2D eigenvalue weighted by Gasteiger charge is -2.06. The van der Waals surface area contributed by atoms with Crippen molar-refractivity contribution < 1.29 is 27.9 Å². The number of hydrogen-bond donors (Lipinski definition) is 2. The van der Waals surface area contributed by atoms with E-state index in [1.165, 1.54) is 36.4 Å². The highest BCUT2D eigenvalue weighted by molar-refractivity contribution is 6.06. The third kappa shape index (κ3) is 4.45. The monoisotopic (exact) mass is 335 g/mol. The van der Waals surface area contributed by atoms with Crippen molar-refractivity contribution in [1.29, 1.82) is 0 Å². The lowest BCUT2D eigenvalue weighted by Crippen LogP contribution is -2.11. The number of carbonyl (C=O) groups excluding carboxylic acids is 1. The van der Waals surface area contributed by atoms with Crippen molar-refractivity contribution in [1.82, 2.24) is 0 Å². The van der Waals surface area contributed by atoms with Gasteiger partial charge in [-0.15, -0.1) is 0 Å². The summed E-state index contributed by atoms with van der Waals surface area (Å²) < 4.78 is 37.3. The van der Waals surface area contributed by atoms with Crippen molar-refractivity contribution >= 4 is 23.6 Å². The molecule has 7 heteroatoms. The molecule has 0 aliphatic rings. The van der Waals surface area contributed by atoms with Crippen molar-refractivity contribution in [3.8, 4) is 0 Å². The molecule has 0 bridgehead atoms. The Hall–Kier alpha value is -3.09. The minimum absolute atomic E-state index is 0.0613. The summed E-state index contributed by atoms with van der Waals surface area (Å²) in [5.41, 5.74) is -0.301. The van der Waals surface area contributed by atoms with E-state index >= 15 is 0 Å². The Bertz CT molecular complexity index is 780. The summed E-state index contributed by atoms with van der Waals surface area (Å²) in [6, 6.07) is 10.2. The van der Waals surface area contributed by atoms with Gasteiger partial charge in [0.05, 0.1) is 16.8 Å². The Balaban J connectivity index is 2.07. The standard InChI is InChI=1S/C17H12F3NO3/c18-17(19,20)12-8-5-11(6-9-12)7-10-15(22)21-14-4-2-1-3-13(14)16(23)24/h1-10H,(H,21,22)(H,23,24)/b10-7+. The zero-order valence-corrected chi connectivity index (χ0v) is 12.2. The molecule has 24 heavy (non-hydrogen) atoms. The van der Waals surface area contributed by atoms with Crippen LogP contribution in [0.3, 0.4) is 0 Å². The molecule has 2 aromatic rings. The molecule has 124 valence electrons. The minimum Gasteiger partial charge on any atom is -0.478 e. The average Bonchev–Trinajstić information content (AvgIpc) is 2.53. The van der Waals surface area contributed by atoms with Crippen LogP contribution in [0.1, 0.15) is 21.5 Å². The van der Waals surface area contributed by atoms with Crippen LogP contribution in [0.2, 0.25) is 0 Å². The Morgan fingerprint density at radius 1 is 1.00 bits per heavy atom. The molecule has 2 N–H and O–H groups in total. The molecule has 2 rings (SSSR count). The van der Waals surface area contributed by atoms with E-state index in [1.54, 1.807) is 6.07 Å². The van der Waals surface area contributed by atoms with Gasteiger partial charge in [-0.05, 0) is 35.9 Å². The number of carbonyl (C=O) groups is 2. The fourth-order valence-electron chi connectivity index (χ4n) is 1.91. The van der Waals surface area contributed by atoms with Crippen LogP contribution in [0, 0.1) is 0 Å². The lowest BCUT2D eigenvalue weighted by molar-refractivity contribution is -0.137. The third-order valence-electron chi connectivity index (χ3n) is 3.08. The molecule has 0 atom stereocenters. The SMILES string of the molecule is O=C(/C=C/c1ccc(C(F)(F)F)cc1)Nc1ccccc1C(=O)O. The summed E-state index contributed by atoms with van der Waals surface area (Å²) in [5.74, 6) is -1.78. The fraction of sp³-hybridized carbons (Fsp3) is 0.0588. The van der Waals surface area contributed by atoms with E-state index in [0.29, 0.717) is 5.56 Å². The first kappa shape index (κ1) is 17.3. The van der Waals surface area contributed by atoms with Crippen LogP contribution in [0.15, 0.2) is 54.6 Å². The maximum absolute atomic E-state index is 12.4. The van der Waals surface area contributed by atoms with Crippen LogP contribution < -0.4 is 5.32 Å². The van der Waals surface area contributed by atoms with Crippen LogP contribution in [0.4, 0.5) is 18.9 Å². The molecular weight excluding hydrogens is 323 g/mol. The summed E-state index contributed by atoms with van der Waals surface area (Å²) >= 11 is 0. The molecule has 0 aliphatic carbocycles. The smallest absolute Gasteiger partial charge is 0.416 e. The summed E-state index contributed by atoms with van der Waals surface area (Å²) in [7, 11) is 0. The molecule has 0 aliphatic heterocycles. The minimum atomic E-state index is -4.42. The van der Waals surface area contributed by atoms with Gasteiger partial charge in [0, 0.05) is 6.08 Å². The van der Waals surface area contributed by atoms with E-state index in [4.69, 9.17) is 5.11 Å². The largest absolute Gasteiger partial charge is 0.478 e. The highest BCUT2D eigenvalue weighted by atomic mass is 19.4. The van der Waals surface area contributed by atoms with E-state index in [0.717, 1.165) is 18.2 Å². The molecular formula is C17H12F3NO3. The molecule has 0 unspecified atom stereocenters. The second-order valence-corrected chi connectivity index (χ2v) is 4.79. The number of carboxylic acids is 1. The molecule has 2 aromatic carbocycles. The Morgan fingerprint density at radius 2 is 1.62 bits per heavy atom. The van der Waals surface area contributed by atoms with Crippen molar-refractivity contribution in [3.63, 3.8) is 0 Å². The summed E-state index contributed by atoms with van der Waals surface area (Å²) in [4.78, 5) is 22.9. The number of carboxylic acid groups (broad SMARTS) is 1. The van der Waals surface area contributed by atoms with Crippen molar-refractivity contribution in [2.75, 3.05) is 5.32 Å². The van der Waals surface area contributed by atoms with Gasteiger partial charge < -0.3 is 10.4 Å². The van der Waals surface area contributed by atoms with Gasteiger partial charge in [0.1, 0.15) is 0 Å². The van der Waals surface area contributed by atoms with Gasteiger partial charge >= 0.3 is 12.1 Å². The normalized spacial score (nSPS) is 11.5. The molecule has 0 heterocycles. The molecule has 0 fully saturated rings. The Morgan fingerprint density at radius 3 is 2.21 bits per heavy atom. The molecule has 4 nitrogen and oxygen atoms in total. The summed E-state index contributed by atoms with van der Waals surface area (Å²) in [5, 5.41) is 11.4. The molecule has 0 radical (unpaired) electrons. The van der Waals surface area contributed by atoms with Gasteiger partial charge in [-0.25, -0.2) is 4.79 Å². The maximum Gasteiger partial charge on any atom is 0.416 e. The fourth-order valence-corrected chi connectivity index (χ4v) is 1.91. The van der Waals surface area contributed by atoms with Gasteiger partial charge in [-0.3, -0.25) is 4.79 Å². The molecule has 0 spiro atoms. The summed E-state index contributed by atoms with van der Waals surface area (Å²) in [6.07, 6.45) is -1.97. The van der Waals surface area contributed by atoms with E-state index in [1.807, 2.05) is 0 Å². The topological polar surface area (TPSA) is 66.4 Å². The van der Waals surface area contributed by atoms with E-state index < -0.39 is 23.6 Å². The maximum atomic E-state index is 12.4. The number of amides is 1. The zero-order valence-electron chi connectivity index (χ0n) is 12.2. The second kappa shape index (κ2) is 6.99. The number of hydrogen-bond acceptors (Lipinski definition) is 2. The van der Waals surface area contributed by atoms with E-state index in [9.17, 15) is 22.8 Å². The first-order valence-electron chi connectivity index (χ1n) is 6.76. The van der Waals surface area contributed by atoms with Crippen molar-refractivity contribution in [2.45, 2.75) is 6.18 Å². The predicted molar refractivity (Wildman–Crippen MR) is 82.5 cm³/mol. The number of aromatic carboxylic acids is 1. The molecule has 0 aromatic heterocycles. The van der Waals surface area contributed by atoms with Crippen LogP contribution in [0.5, 0.6) is 0 Å². The Labute approximate surface area is 135 Å². The first-order chi connectivity index (χ1) is 11.3. The predicted octanol–water partition coefficient (Wildman–Crippen LogP) is 4.06. The number of anilines is 1. The van der Waals surface area contributed by atoms with Crippen LogP contribution in [-0.2, 0) is 11.0 Å². The molecule has 1 amide bonds. The highest BCUT2D eigenvalue weighted by Gasteiger charge is 2.29. The third-order valence-corrected chi connectivity index (χ3v) is 3.08. The quantitative estimate of drug-likeness (QED) is 0.828. The average molecular weight is 335 g/mol. The first-order valence-corrected chi connectivity index (χ1v) is 6.76. The lowest BCUT2D eigenvalue weighted by atomic mass is 10.1. The van der Waals surface area contributed by atoms with Gasteiger partial charge in [0.15, 0.2) is 0 Å². The number of alkyl halides is 3. The van der Waals surface area contributed by atoms with Crippen LogP contribution in [0.25, 0.3) is 6.08 Å². The van der Waals surface area contributed by atoms with E-state index in [2.05, 4.69) is 5.32 Å². The number of nitrogens with one attached hydrogen (secondary N) is 1. The van der Waals surface area contributed by atoms with Crippen LogP contribution >= 0.6 is 0 Å². The zero-order chi connectivity index (χ0) is 17.7. The van der Waals surface area contributed by atoms with Crippen molar-refractivity contribution in [3.05, 3.63) is 71.3 Å². The number of para-hydroxylation sites is 1. The Kier molecular flexibility index (Phi) is 5.03.